The molecule has 12 rings (SSSR count). The van der Waals surface area contributed by atoms with Gasteiger partial charge in [-0.05, 0) is 70.3 Å². The van der Waals surface area contributed by atoms with Crippen LogP contribution in [0, 0.1) is 12.1 Å². The summed E-state index contributed by atoms with van der Waals surface area (Å²) in [6.45, 7) is 0. The van der Waals surface area contributed by atoms with Crippen molar-refractivity contribution in [3.8, 4) is 78.7 Å². The van der Waals surface area contributed by atoms with Crippen LogP contribution in [0.4, 0.5) is 0 Å². The van der Waals surface area contributed by atoms with E-state index in [1.807, 2.05) is 34.8 Å². The van der Waals surface area contributed by atoms with Gasteiger partial charge in [0.05, 0.1) is 0 Å². The van der Waals surface area contributed by atoms with Crippen molar-refractivity contribution in [1.29, 1.82) is 0 Å². The molecular formula is C57H33N3S2. The lowest BCUT2D eigenvalue weighted by Crippen LogP contribution is -2.01. The van der Waals surface area contributed by atoms with Crippen LogP contribution in [0.25, 0.3) is 119 Å². The van der Waals surface area contributed by atoms with Crippen LogP contribution in [-0.2, 0) is 0 Å². The Balaban J connectivity index is 1.10. The van der Waals surface area contributed by atoms with Crippen LogP contribution in [0.15, 0.2) is 200 Å². The molecule has 3 heterocycles. The Morgan fingerprint density at radius 2 is 0.839 bits per heavy atom. The second-order valence-electron chi connectivity index (χ2n) is 15.4. The molecule has 0 bridgehead atoms. The van der Waals surface area contributed by atoms with Crippen LogP contribution in [0.1, 0.15) is 0 Å². The highest BCUT2D eigenvalue weighted by Gasteiger charge is 2.20. The normalized spacial score (nSPS) is 11.4. The second kappa shape index (κ2) is 15.1. The first-order valence-electron chi connectivity index (χ1n) is 20.6. The minimum atomic E-state index is 0.572. The number of nitrogens with zero attached hydrogens (tertiary/aromatic N) is 3. The highest BCUT2D eigenvalue weighted by molar-refractivity contribution is 7.26. The minimum absolute atomic E-state index is 0.572. The Labute approximate surface area is 366 Å². The van der Waals surface area contributed by atoms with E-state index in [4.69, 9.17) is 15.0 Å². The molecule has 0 saturated heterocycles. The Bertz CT molecular complexity index is 3630. The van der Waals surface area contributed by atoms with Crippen molar-refractivity contribution >= 4 is 63.0 Å². The molecule has 62 heavy (non-hydrogen) atoms. The highest BCUT2D eigenvalue weighted by atomic mass is 32.1. The molecule has 0 unspecified atom stereocenters. The molecule has 0 radical (unpaired) electrons. The predicted molar refractivity (Wildman–Crippen MR) is 261 cm³/mol. The van der Waals surface area contributed by atoms with Crippen LogP contribution < -0.4 is 0 Å². The summed E-state index contributed by atoms with van der Waals surface area (Å²) in [5.74, 6) is 1.77. The van der Waals surface area contributed by atoms with Crippen molar-refractivity contribution in [2.75, 3.05) is 0 Å². The Morgan fingerprint density at radius 3 is 1.63 bits per heavy atom. The first kappa shape index (κ1) is 36.1. The Hall–Kier alpha value is -7.75. The van der Waals surface area contributed by atoms with Crippen LogP contribution in [0.5, 0.6) is 0 Å². The van der Waals surface area contributed by atoms with Gasteiger partial charge < -0.3 is 0 Å². The van der Waals surface area contributed by atoms with Crippen LogP contribution >= 0.6 is 22.7 Å². The summed E-state index contributed by atoms with van der Waals surface area (Å²) in [4.78, 5) is 16.0. The molecule has 288 valence electrons. The van der Waals surface area contributed by atoms with Crippen molar-refractivity contribution < 1.29 is 0 Å². The standard InChI is InChI=1S/C57H33N3S2/c1-3-13-36(14-4-1)38-25-27-39(28-26-38)55-58-56(43-18-11-17-40(33-43)37-15-5-2-6-16-37)60-57(59-55)49-35-41(42-30-32-52-48(34-42)45-19-7-9-22-50(45)61-52)29-31-44(49)46-21-12-24-53-54(46)47-20-8-10-23-51(47)62-53/h1-28,30,32-35H. The fourth-order valence-corrected chi connectivity index (χ4v) is 10.8. The number of aromatic nitrogens is 3. The Kier molecular flexibility index (Phi) is 8.78. The average Bonchev–Trinajstić information content (AvgIpc) is 3.93. The Morgan fingerprint density at radius 1 is 0.306 bits per heavy atom. The highest BCUT2D eigenvalue weighted by Crippen LogP contribution is 2.44. The largest absolute Gasteiger partial charge is 0.208 e. The lowest BCUT2D eigenvalue weighted by Gasteiger charge is -2.13. The van der Waals surface area contributed by atoms with E-state index in [1.165, 1.54) is 40.3 Å². The van der Waals surface area contributed by atoms with E-state index in [9.17, 15) is 0 Å². The molecule has 0 aliphatic carbocycles. The van der Waals surface area contributed by atoms with Crippen molar-refractivity contribution in [1.82, 2.24) is 15.0 Å². The molecule has 0 atom stereocenters. The summed E-state index contributed by atoms with van der Waals surface area (Å²) in [5, 5.41) is 4.90. The van der Waals surface area contributed by atoms with Crippen LogP contribution in [0.3, 0.4) is 0 Å². The molecule has 12 aromatic rings. The van der Waals surface area contributed by atoms with Gasteiger partial charge in [0.1, 0.15) is 0 Å². The fraction of sp³-hybridized carbons (Fsp3) is 0. The van der Waals surface area contributed by atoms with Gasteiger partial charge in [-0.3, -0.25) is 0 Å². The van der Waals surface area contributed by atoms with Gasteiger partial charge in [0.25, 0.3) is 0 Å². The second-order valence-corrected chi connectivity index (χ2v) is 17.5. The zero-order valence-corrected chi connectivity index (χ0v) is 34.8. The topological polar surface area (TPSA) is 38.7 Å². The van der Waals surface area contributed by atoms with Crippen molar-refractivity contribution in [3.05, 3.63) is 212 Å². The summed E-state index contributed by atoms with van der Waals surface area (Å²) in [6, 6.07) is 77.9. The molecule has 5 heteroatoms. The average molecular weight is 824 g/mol. The van der Waals surface area contributed by atoms with Gasteiger partial charge in [-0.15, -0.1) is 22.7 Å². The predicted octanol–water partition coefficient (Wildman–Crippen LogP) is 15.9. The number of thiophene rings is 2. The monoisotopic (exact) mass is 823 g/mol. The van der Waals surface area contributed by atoms with Crippen molar-refractivity contribution in [2.45, 2.75) is 0 Å². The third kappa shape index (κ3) is 6.42. The van der Waals surface area contributed by atoms with E-state index in [-0.39, 0.29) is 0 Å². The smallest absolute Gasteiger partial charge is 0.165 e. The number of hydrogen-bond acceptors (Lipinski definition) is 5. The zero-order valence-electron chi connectivity index (χ0n) is 33.2. The molecule has 3 aromatic heterocycles. The van der Waals surface area contributed by atoms with E-state index >= 15 is 0 Å². The van der Waals surface area contributed by atoms with E-state index < -0.39 is 0 Å². The lowest BCUT2D eigenvalue weighted by atomic mass is 9.93. The number of hydrogen-bond donors (Lipinski definition) is 0. The summed E-state index contributed by atoms with van der Waals surface area (Å²) >= 11 is 3.63. The zero-order chi connectivity index (χ0) is 41.0. The van der Waals surface area contributed by atoms with E-state index in [2.05, 4.69) is 200 Å². The summed E-state index contributed by atoms with van der Waals surface area (Å²) in [5.41, 5.74) is 11.1. The first-order valence-corrected chi connectivity index (χ1v) is 22.2. The van der Waals surface area contributed by atoms with E-state index in [0.717, 1.165) is 61.2 Å². The maximum atomic E-state index is 5.38. The molecular weight excluding hydrogens is 791 g/mol. The minimum Gasteiger partial charge on any atom is -0.208 e. The number of fused-ring (bicyclic) bond motifs is 6. The fourth-order valence-electron chi connectivity index (χ4n) is 8.54. The van der Waals surface area contributed by atoms with E-state index in [0.29, 0.717) is 17.5 Å². The molecule has 0 fully saturated rings. The van der Waals surface area contributed by atoms with Gasteiger partial charge >= 0.3 is 0 Å². The molecule has 0 N–H and O–H groups in total. The third-order valence-electron chi connectivity index (χ3n) is 11.6. The van der Waals surface area contributed by atoms with Gasteiger partial charge in [-0.25, -0.2) is 15.0 Å². The summed E-state index contributed by atoms with van der Waals surface area (Å²) < 4.78 is 5.00. The SMILES string of the molecule is c1c(-c2ccc3sc4ccccc4c3c2)cc(-c2nc(-c3ccc(-c4ccccc4)cc3)nc(-c3cccc(-c4ccccc4)c3)n2)c(-c2cccc3sc4ccccc4c23)c#1. The van der Waals surface area contributed by atoms with Gasteiger partial charge in [0, 0.05) is 73.7 Å². The van der Waals surface area contributed by atoms with Gasteiger partial charge in [0.2, 0.25) is 0 Å². The quantitative estimate of drug-likeness (QED) is 0.161. The van der Waals surface area contributed by atoms with E-state index in [1.54, 1.807) is 0 Å². The molecule has 0 amide bonds. The number of rotatable bonds is 7. The van der Waals surface area contributed by atoms with Crippen LogP contribution in [0.2, 0.25) is 0 Å². The third-order valence-corrected chi connectivity index (χ3v) is 13.9. The van der Waals surface area contributed by atoms with Crippen molar-refractivity contribution in [3.63, 3.8) is 0 Å². The molecule has 9 aromatic carbocycles. The molecule has 0 saturated carbocycles. The molecule has 3 nitrogen and oxygen atoms in total. The van der Waals surface area contributed by atoms with Gasteiger partial charge in [-0.1, -0.05) is 170 Å². The summed E-state index contributed by atoms with van der Waals surface area (Å²) in [6.07, 6.45) is 0. The number of benzene rings is 8. The molecule has 0 spiro atoms. The van der Waals surface area contributed by atoms with Crippen molar-refractivity contribution in [2.24, 2.45) is 0 Å². The molecule has 0 aliphatic heterocycles. The molecule has 0 aliphatic rings. The maximum absolute atomic E-state index is 5.38. The maximum Gasteiger partial charge on any atom is 0.165 e. The van der Waals surface area contributed by atoms with Crippen LogP contribution in [-0.4, -0.2) is 15.0 Å². The first-order chi connectivity index (χ1) is 30.7. The van der Waals surface area contributed by atoms with Gasteiger partial charge in [0.15, 0.2) is 17.5 Å². The summed E-state index contributed by atoms with van der Waals surface area (Å²) in [7, 11) is 0. The lowest BCUT2D eigenvalue weighted by molar-refractivity contribution is 1.07. The van der Waals surface area contributed by atoms with Gasteiger partial charge in [-0.2, -0.15) is 0 Å².